The third-order valence-corrected chi connectivity index (χ3v) is 3.56. The van der Waals surface area contributed by atoms with Crippen LogP contribution in [0.25, 0.3) is 0 Å². The predicted octanol–water partition coefficient (Wildman–Crippen LogP) is 4.56. The van der Waals surface area contributed by atoms with Crippen LogP contribution < -0.4 is 10.5 Å². The van der Waals surface area contributed by atoms with Crippen LogP contribution in [-0.4, -0.2) is 0 Å². The van der Waals surface area contributed by atoms with Gasteiger partial charge in [0.05, 0.1) is 0 Å². The molecule has 0 aliphatic carbocycles. The molecule has 2 N–H and O–H groups in total. The molecule has 2 rings (SSSR count). The lowest BCUT2D eigenvalue weighted by Crippen LogP contribution is -2.08. The molecule has 0 aliphatic rings. The molecule has 0 amide bonds. The molecule has 0 heterocycles. The van der Waals surface area contributed by atoms with Crippen LogP contribution in [0.4, 0.5) is 4.39 Å². The maximum absolute atomic E-state index is 13.7. The Labute approximate surface area is 119 Å². The molecular formula is C17H20FNO. The molecule has 2 aromatic rings. The Balaban J connectivity index is 2.47. The highest BCUT2D eigenvalue weighted by Crippen LogP contribution is 2.33. The molecule has 0 saturated carbocycles. The monoisotopic (exact) mass is 273 g/mol. The Morgan fingerprint density at radius 3 is 2.40 bits per heavy atom. The second-order valence-corrected chi connectivity index (χ2v) is 5.23. The number of halogens is 1. The number of rotatable bonds is 3. The van der Waals surface area contributed by atoms with E-state index >= 15 is 0 Å². The van der Waals surface area contributed by atoms with Crippen molar-refractivity contribution in [3.63, 3.8) is 0 Å². The molecule has 0 aliphatic heterocycles. The third kappa shape index (κ3) is 2.83. The first-order valence-corrected chi connectivity index (χ1v) is 6.70. The summed E-state index contributed by atoms with van der Waals surface area (Å²) >= 11 is 0. The Hall–Kier alpha value is -1.87. The van der Waals surface area contributed by atoms with Gasteiger partial charge in [-0.2, -0.15) is 0 Å². The zero-order chi connectivity index (χ0) is 14.9. The molecule has 0 unspecified atom stereocenters. The van der Waals surface area contributed by atoms with Gasteiger partial charge in [-0.25, -0.2) is 4.39 Å². The molecule has 2 nitrogen and oxygen atoms in total. The van der Waals surface area contributed by atoms with Crippen molar-refractivity contribution in [2.24, 2.45) is 5.73 Å². The number of nitrogens with two attached hydrogens (primary N) is 1. The van der Waals surface area contributed by atoms with Gasteiger partial charge in [-0.3, -0.25) is 0 Å². The lowest BCUT2D eigenvalue weighted by molar-refractivity contribution is 0.464. The van der Waals surface area contributed by atoms with Crippen LogP contribution in [0.3, 0.4) is 0 Å². The molecule has 106 valence electrons. The number of ether oxygens (including phenoxy) is 1. The van der Waals surface area contributed by atoms with Crippen molar-refractivity contribution in [2.45, 2.75) is 33.7 Å². The van der Waals surface area contributed by atoms with Gasteiger partial charge in [-0.15, -0.1) is 0 Å². The van der Waals surface area contributed by atoms with Gasteiger partial charge in [0.15, 0.2) is 0 Å². The minimum absolute atomic E-state index is 0.259. The Bertz CT molecular complexity index is 635. The highest BCUT2D eigenvalue weighted by atomic mass is 19.1. The van der Waals surface area contributed by atoms with Crippen LogP contribution in [0.2, 0.25) is 0 Å². The van der Waals surface area contributed by atoms with E-state index in [1.54, 1.807) is 13.0 Å². The lowest BCUT2D eigenvalue weighted by Gasteiger charge is -2.17. The van der Waals surface area contributed by atoms with Gasteiger partial charge in [0, 0.05) is 11.6 Å². The molecule has 1 atom stereocenters. The van der Waals surface area contributed by atoms with Gasteiger partial charge in [0.25, 0.3) is 0 Å². The van der Waals surface area contributed by atoms with E-state index < -0.39 is 0 Å². The molecule has 0 saturated heterocycles. The fourth-order valence-corrected chi connectivity index (χ4v) is 2.07. The van der Waals surface area contributed by atoms with Crippen LogP contribution in [0, 0.1) is 26.6 Å². The summed E-state index contributed by atoms with van der Waals surface area (Å²) in [7, 11) is 0. The maximum atomic E-state index is 13.7. The van der Waals surface area contributed by atoms with Gasteiger partial charge in [0.1, 0.15) is 17.3 Å². The normalized spacial score (nSPS) is 12.3. The van der Waals surface area contributed by atoms with E-state index in [9.17, 15) is 4.39 Å². The second-order valence-electron chi connectivity index (χ2n) is 5.23. The van der Waals surface area contributed by atoms with Crippen LogP contribution >= 0.6 is 0 Å². The van der Waals surface area contributed by atoms with Gasteiger partial charge in [0.2, 0.25) is 0 Å². The Morgan fingerprint density at radius 2 is 1.75 bits per heavy atom. The summed E-state index contributed by atoms with van der Waals surface area (Å²) in [6.45, 7) is 7.58. The number of benzene rings is 2. The molecule has 0 fully saturated rings. The predicted molar refractivity (Wildman–Crippen MR) is 79.7 cm³/mol. The fourth-order valence-electron chi connectivity index (χ4n) is 2.07. The van der Waals surface area contributed by atoms with Crippen molar-refractivity contribution in [1.82, 2.24) is 0 Å². The van der Waals surface area contributed by atoms with Crippen LogP contribution in [0.15, 0.2) is 30.3 Å². The average molecular weight is 273 g/mol. The molecule has 2 aromatic carbocycles. The van der Waals surface area contributed by atoms with Crippen LogP contribution in [0.1, 0.15) is 35.2 Å². The minimum atomic E-state index is -0.287. The molecule has 0 spiro atoms. The highest BCUT2D eigenvalue weighted by molar-refractivity contribution is 5.46. The number of hydrogen-bond donors (Lipinski definition) is 1. The quantitative estimate of drug-likeness (QED) is 0.889. The van der Waals surface area contributed by atoms with Gasteiger partial charge >= 0.3 is 0 Å². The van der Waals surface area contributed by atoms with Crippen LogP contribution in [0.5, 0.6) is 11.5 Å². The van der Waals surface area contributed by atoms with Gasteiger partial charge in [-0.1, -0.05) is 12.1 Å². The summed E-state index contributed by atoms with van der Waals surface area (Å²) in [5, 5.41) is 0. The number of aryl methyl sites for hydroxylation is 2. The highest BCUT2D eigenvalue weighted by Gasteiger charge is 2.14. The molecule has 20 heavy (non-hydrogen) atoms. The molecule has 3 heteroatoms. The summed E-state index contributed by atoms with van der Waals surface area (Å²) in [6, 6.07) is 8.76. The topological polar surface area (TPSA) is 35.2 Å². The van der Waals surface area contributed by atoms with E-state index in [0.29, 0.717) is 16.9 Å². The Morgan fingerprint density at radius 1 is 1.05 bits per heavy atom. The smallest absolute Gasteiger partial charge is 0.132 e. The van der Waals surface area contributed by atoms with Crippen molar-refractivity contribution in [3.05, 3.63) is 58.4 Å². The SMILES string of the molecule is Cc1cc(Oc2cccc(C)c2C)c([C@@H](C)N)cc1F. The average Bonchev–Trinajstić information content (AvgIpc) is 2.38. The minimum Gasteiger partial charge on any atom is -0.457 e. The second kappa shape index (κ2) is 5.63. The van der Waals surface area contributed by atoms with E-state index in [-0.39, 0.29) is 11.9 Å². The molecule has 0 aromatic heterocycles. The summed E-state index contributed by atoms with van der Waals surface area (Å²) < 4.78 is 19.7. The zero-order valence-electron chi connectivity index (χ0n) is 12.3. The van der Waals surface area contributed by atoms with Crippen molar-refractivity contribution >= 4 is 0 Å². The largest absolute Gasteiger partial charge is 0.457 e. The van der Waals surface area contributed by atoms with E-state index in [1.165, 1.54) is 6.07 Å². The lowest BCUT2D eigenvalue weighted by atomic mass is 10.0. The first-order valence-electron chi connectivity index (χ1n) is 6.70. The van der Waals surface area contributed by atoms with Gasteiger partial charge < -0.3 is 10.5 Å². The van der Waals surface area contributed by atoms with E-state index in [4.69, 9.17) is 10.5 Å². The van der Waals surface area contributed by atoms with E-state index in [2.05, 4.69) is 0 Å². The Kier molecular flexibility index (Phi) is 4.09. The third-order valence-electron chi connectivity index (χ3n) is 3.56. The van der Waals surface area contributed by atoms with Crippen molar-refractivity contribution < 1.29 is 9.13 Å². The molecule has 0 bridgehead atoms. The zero-order valence-corrected chi connectivity index (χ0v) is 12.3. The van der Waals surface area contributed by atoms with Crippen molar-refractivity contribution in [3.8, 4) is 11.5 Å². The molecular weight excluding hydrogens is 253 g/mol. The van der Waals surface area contributed by atoms with Crippen molar-refractivity contribution in [2.75, 3.05) is 0 Å². The summed E-state index contributed by atoms with van der Waals surface area (Å²) in [6.07, 6.45) is 0. The maximum Gasteiger partial charge on any atom is 0.132 e. The summed E-state index contributed by atoms with van der Waals surface area (Å²) in [5.74, 6) is 1.14. The summed E-state index contributed by atoms with van der Waals surface area (Å²) in [5.41, 5.74) is 9.36. The van der Waals surface area contributed by atoms with Crippen LogP contribution in [-0.2, 0) is 0 Å². The first kappa shape index (κ1) is 14.5. The number of hydrogen-bond acceptors (Lipinski definition) is 2. The fraction of sp³-hybridized carbons (Fsp3) is 0.294. The van der Waals surface area contributed by atoms with Gasteiger partial charge in [-0.05, 0) is 62.6 Å². The van der Waals surface area contributed by atoms with E-state index in [1.807, 2.05) is 39.0 Å². The molecule has 0 radical (unpaired) electrons. The first-order chi connectivity index (χ1) is 9.40. The van der Waals surface area contributed by atoms with Crippen molar-refractivity contribution in [1.29, 1.82) is 0 Å². The standard InChI is InChI=1S/C17H20FNO/c1-10-6-5-7-16(12(10)3)20-17-8-11(2)15(18)9-14(17)13(4)19/h5-9,13H,19H2,1-4H3/t13-/m1/s1. The van der Waals surface area contributed by atoms with E-state index in [0.717, 1.165) is 16.9 Å². The summed E-state index contributed by atoms with van der Waals surface area (Å²) in [4.78, 5) is 0.